The van der Waals surface area contributed by atoms with Crippen molar-refractivity contribution in [2.75, 3.05) is 20.2 Å². The Bertz CT molecular complexity index is 1740. The number of hydrogen-bond donors (Lipinski definition) is 1. The first kappa shape index (κ1) is 30.1. The number of imide groups is 1. The Kier molecular flexibility index (Phi) is 7.85. The monoisotopic (exact) mass is 618 g/mol. The van der Waals surface area contributed by atoms with Crippen molar-refractivity contribution in [3.63, 3.8) is 0 Å². The number of likely N-dealkylation sites (tertiary alicyclic amines) is 2. The number of ether oxygens (including phenoxy) is 1. The highest BCUT2D eigenvalue weighted by molar-refractivity contribution is 6.23. The van der Waals surface area contributed by atoms with E-state index in [1.54, 1.807) is 30.0 Å². The summed E-state index contributed by atoms with van der Waals surface area (Å²) in [5, 5.41) is 10.1. The van der Waals surface area contributed by atoms with Crippen LogP contribution in [0, 0.1) is 23.7 Å². The predicted molar refractivity (Wildman–Crippen MR) is 172 cm³/mol. The number of hydrogen-bond acceptors (Lipinski definition) is 7. The summed E-state index contributed by atoms with van der Waals surface area (Å²) in [7, 11) is 1.48. The van der Waals surface area contributed by atoms with Crippen molar-refractivity contribution in [1.82, 2.24) is 9.80 Å². The van der Waals surface area contributed by atoms with Gasteiger partial charge in [-0.3, -0.25) is 29.0 Å². The van der Waals surface area contributed by atoms with E-state index in [4.69, 9.17) is 4.74 Å². The Balaban J connectivity index is 1.16. The molecule has 46 heavy (non-hydrogen) atoms. The summed E-state index contributed by atoms with van der Waals surface area (Å²) in [5.74, 6) is -2.10. The molecule has 8 nitrogen and oxygen atoms in total. The normalized spacial score (nSPS) is 27.0. The van der Waals surface area contributed by atoms with Crippen LogP contribution in [0.15, 0.2) is 89.1 Å². The molecule has 1 N–H and O–H groups in total. The van der Waals surface area contributed by atoms with Crippen molar-refractivity contribution in [1.29, 1.82) is 0 Å². The molecule has 2 heterocycles. The number of Topliss-reactive ketones (excluding diaryl/α,β-unsaturated/α-hetero) is 1. The van der Waals surface area contributed by atoms with Gasteiger partial charge in [0, 0.05) is 48.3 Å². The lowest BCUT2D eigenvalue weighted by Crippen LogP contribution is -2.47. The van der Waals surface area contributed by atoms with Gasteiger partial charge in [-0.25, -0.2) is 0 Å². The number of phenolic OH excluding ortho intramolecular Hbond substituents is 1. The van der Waals surface area contributed by atoms with Crippen LogP contribution in [-0.4, -0.2) is 64.5 Å². The average Bonchev–Trinajstić information content (AvgIpc) is 3.32. The van der Waals surface area contributed by atoms with Gasteiger partial charge in [-0.15, -0.1) is 0 Å². The molecule has 0 radical (unpaired) electrons. The first-order valence-corrected chi connectivity index (χ1v) is 16.1. The van der Waals surface area contributed by atoms with E-state index in [0.29, 0.717) is 28.9 Å². The Morgan fingerprint density at radius 3 is 2.48 bits per heavy atom. The average molecular weight is 619 g/mol. The number of fused-ring (bicyclic) bond motifs is 3. The highest BCUT2D eigenvalue weighted by Crippen LogP contribution is 2.53. The smallest absolute Gasteiger partial charge is 0.233 e. The van der Waals surface area contributed by atoms with Crippen LogP contribution in [-0.2, 0) is 25.7 Å². The lowest BCUT2D eigenvalue weighted by Gasteiger charge is -2.41. The number of methoxy groups -OCH3 is 1. The van der Waals surface area contributed by atoms with Crippen LogP contribution in [0.4, 0.5) is 0 Å². The molecule has 2 fully saturated rings. The summed E-state index contributed by atoms with van der Waals surface area (Å²) in [6.45, 7) is 4.13. The molecule has 0 aromatic heterocycles. The summed E-state index contributed by atoms with van der Waals surface area (Å²) in [6, 6.07) is 15.2. The number of ketones is 2. The second kappa shape index (κ2) is 12.0. The molecule has 0 spiro atoms. The number of piperidine rings is 1. The minimum absolute atomic E-state index is 0.0214. The molecule has 4 unspecified atom stereocenters. The summed E-state index contributed by atoms with van der Waals surface area (Å²) in [5.41, 5.74) is 4.25. The molecular weight excluding hydrogens is 580 g/mol. The lowest BCUT2D eigenvalue weighted by atomic mass is 9.60. The Labute approximate surface area is 268 Å². The van der Waals surface area contributed by atoms with Crippen LogP contribution in [0.3, 0.4) is 0 Å². The number of rotatable bonds is 6. The SMILES string of the molecule is COc1cc(C=CC2C3=CCC4C(=O)N(C5CCN(Cc6ccccc6)CC5)C(=O)C4C3CC3=C2C(=O)C(C)=CC3=O)ccc1O. The standard InChI is InChI=1S/C38H38N2O6/c1-22-18-32(42)30-20-29-26(27(34(30)36(22)43)10-8-23-9-13-31(41)33(19-23)46-2)11-12-28-35(29)38(45)40(37(28)44)25-14-16-39(17-15-25)21-24-6-4-3-5-7-24/h3-11,13,18-19,25,27-29,35,41H,12,14-17,20-21H2,1-2H3. The van der Waals surface area contributed by atoms with Crippen LogP contribution < -0.4 is 4.74 Å². The highest BCUT2D eigenvalue weighted by atomic mass is 16.5. The zero-order valence-electron chi connectivity index (χ0n) is 26.1. The van der Waals surface area contributed by atoms with Gasteiger partial charge in [0.2, 0.25) is 11.8 Å². The minimum atomic E-state index is -0.552. The number of carbonyl (C=O) groups is 4. The molecule has 3 aliphatic carbocycles. The van der Waals surface area contributed by atoms with Crippen LogP contribution in [0.25, 0.3) is 6.08 Å². The number of benzene rings is 2. The van der Waals surface area contributed by atoms with Crippen molar-refractivity contribution < 1.29 is 29.0 Å². The third-order valence-electron chi connectivity index (χ3n) is 10.5. The summed E-state index contributed by atoms with van der Waals surface area (Å²) < 4.78 is 5.27. The molecule has 236 valence electrons. The molecule has 8 heteroatoms. The zero-order chi connectivity index (χ0) is 32.1. The lowest BCUT2D eigenvalue weighted by molar-refractivity contribution is -0.144. The molecule has 2 aromatic carbocycles. The number of amides is 2. The molecule has 0 saturated carbocycles. The molecule has 2 aliphatic heterocycles. The third kappa shape index (κ3) is 5.14. The maximum Gasteiger partial charge on any atom is 0.233 e. The van der Waals surface area contributed by atoms with Crippen LogP contribution >= 0.6 is 0 Å². The molecule has 2 aromatic rings. The first-order valence-electron chi connectivity index (χ1n) is 16.1. The van der Waals surface area contributed by atoms with E-state index in [1.807, 2.05) is 36.4 Å². The number of allylic oxidation sites excluding steroid dienone is 7. The maximum atomic E-state index is 14.3. The fourth-order valence-electron chi connectivity index (χ4n) is 8.20. The number of aromatic hydroxyl groups is 1. The van der Waals surface area contributed by atoms with E-state index in [-0.39, 0.29) is 47.5 Å². The van der Waals surface area contributed by atoms with Gasteiger partial charge < -0.3 is 9.84 Å². The van der Waals surface area contributed by atoms with Gasteiger partial charge in [-0.1, -0.05) is 60.2 Å². The van der Waals surface area contributed by atoms with Crippen molar-refractivity contribution in [2.24, 2.45) is 23.7 Å². The van der Waals surface area contributed by atoms with Gasteiger partial charge in [0.1, 0.15) is 0 Å². The van der Waals surface area contributed by atoms with Gasteiger partial charge in [0.25, 0.3) is 0 Å². The quantitative estimate of drug-likeness (QED) is 0.275. The van der Waals surface area contributed by atoms with Crippen molar-refractivity contribution in [3.8, 4) is 11.5 Å². The van der Waals surface area contributed by atoms with E-state index in [0.717, 1.165) is 43.6 Å². The van der Waals surface area contributed by atoms with Crippen LogP contribution in [0.1, 0.15) is 43.7 Å². The Hall–Kier alpha value is -4.56. The van der Waals surface area contributed by atoms with E-state index in [2.05, 4.69) is 17.0 Å². The van der Waals surface area contributed by atoms with E-state index < -0.39 is 17.8 Å². The second-order valence-electron chi connectivity index (χ2n) is 13.1. The topological polar surface area (TPSA) is 104 Å². The molecule has 2 saturated heterocycles. The summed E-state index contributed by atoms with van der Waals surface area (Å²) in [4.78, 5) is 59.0. The number of phenols is 1. The van der Waals surface area contributed by atoms with Gasteiger partial charge in [0.15, 0.2) is 23.1 Å². The van der Waals surface area contributed by atoms with Crippen LogP contribution in [0.5, 0.6) is 11.5 Å². The van der Waals surface area contributed by atoms with Gasteiger partial charge in [-0.2, -0.15) is 0 Å². The summed E-state index contributed by atoms with van der Waals surface area (Å²) in [6.07, 6.45) is 9.40. The predicted octanol–water partition coefficient (Wildman–Crippen LogP) is 5.04. The molecular formula is C38H38N2O6. The second-order valence-corrected chi connectivity index (χ2v) is 13.1. The minimum Gasteiger partial charge on any atom is -0.504 e. The van der Waals surface area contributed by atoms with Crippen molar-refractivity contribution in [2.45, 2.75) is 45.2 Å². The van der Waals surface area contributed by atoms with E-state index in [9.17, 15) is 24.3 Å². The number of nitrogens with zero attached hydrogens (tertiary/aromatic N) is 2. The van der Waals surface area contributed by atoms with E-state index >= 15 is 0 Å². The van der Waals surface area contributed by atoms with Gasteiger partial charge >= 0.3 is 0 Å². The van der Waals surface area contributed by atoms with Gasteiger partial charge in [0.05, 0.1) is 18.9 Å². The Morgan fingerprint density at radius 2 is 1.74 bits per heavy atom. The fourth-order valence-corrected chi connectivity index (χ4v) is 8.20. The zero-order valence-corrected chi connectivity index (χ0v) is 26.1. The highest BCUT2D eigenvalue weighted by Gasteiger charge is 2.57. The fraction of sp³-hybridized carbons (Fsp3) is 0.368. The molecule has 5 aliphatic rings. The van der Waals surface area contributed by atoms with Gasteiger partial charge in [-0.05, 0) is 67.9 Å². The summed E-state index contributed by atoms with van der Waals surface area (Å²) >= 11 is 0. The molecule has 7 rings (SSSR count). The molecule has 0 bridgehead atoms. The van der Waals surface area contributed by atoms with Crippen molar-refractivity contribution in [3.05, 3.63) is 100 Å². The molecule has 4 atom stereocenters. The first-order chi connectivity index (χ1) is 22.2. The largest absolute Gasteiger partial charge is 0.504 e. The third-order valence-corrected chi connectivity index (χ3v) is 10.5. The molecule has 2 amide bonds. The van der Waals surface area contributed by atoms with E-state index in [1.165, 1.54) is 18.7 Å². The maximum absolute atomic E-state index is 14.3. The number of carbonyl (C=O) groups excluding carboxylic acids is 4. The van der Waals surface area contributed by atoms with Crippen LogP contribution in [0.2, 0.25) is 0 Å². The van der Waals surface area contributed by atoms with Crippen molar-refractivity contribution >= 4 is 29.5 Å². The Morgan fingerprint density at radius 1 is 0.978 bits per heavy atom.